The van der Waals surface area contributed by atoms with Crippen LogP contribution in [0.4, 0.5) is 0 Å². The van der Waals surface area contributed by atoms with E-state index < -0.39 is 0 Å². The molecule has 7 heteroatoms. The highest BCUT2D eigenvalue weighted by molar-refractivity contribution is 8.23. The summed E-state index contributed by atoms with van der Waals surface area (Å²) in [6.45, 7) is 2.61. The second-order valence-corrected chi connectivity index (χ2v) is 6.68. The van der Waals surface area contributed by atoms with Crippen molar-refractivity contribution in [2.24, 2.45) is 0 Å². The van der Waals surface area contributed by atoms with E-state index in [4.69, 9.17) is 21.4 Å². The zero-order valence-corrected chi connectivity index (χ0v) is 14.5. The average molecular weight is 361 g/mol. The van der Waals surface area contributed by atoms with Crippen molar-refractivity contribution in [2.75, 3.05) is 6.61 Å². The molecular weight excluding hydrogens is 346 g/mol. The van der Waals surface area contributed by atoms with Gasteiger partial charge in [0, 0.05) is 17.5 Å². The molecule has 124 valence electrons. The molecule has 1 fully saturated rings. The first-order valence-corrected chi connectivity index (χ1v) is 8.51. The topological polar surface area (TPSA) is 62.9 Å². The normalized spacial score (nSPS) is 16.2. The van der Waals surface area contributed by atoms with Crippen LogP contribution in [0.5, 0.6) is 11.5 Å². The molecule has 0 aliphatic carbocycles. The molecule has 0 saturated carbocycles. The molecule has 1 aliphatic rings. The number of para-hydroxylation sites is 1. The number of rotatable bonds is 5. The van der Waals surface area contributed by atoms with Crippen molar-refractivity contribution < 1.29 is 19.1 Å². The van der Waals surface area contributed by atoms with E-state index in [1.807, 2.05) is 6.92 Å². The molecule has 0 atom stereocenters. The number of phenols is 1. The minimum atomic E-state index is -0.206. The maximum atomic E-state index is 12.6. The Bertz CT molecular complexity index is 799. The number of phenolic OH excluding ortho intramolecular Hbond substituents is 1. The molecule has 0 spiro atoms. The van der Waals surface area contributed by atoms with E-state index in [0.29, 0.717) is 40.0 Å². The number of benzene rings is 1. The van der Waals surface area contributed by atoms with Gasteiger partial charge in [0.1, 0.15) is 9.96 Å². The van der Waals surface area contributed by atoms with Crippen LogP contribution in [0.3, 0.4) is 0 Å². The summed E-state index contributed by atoms with van der Waals surface area (Å²) in [6.07, 6.45) is 3.16. The third-order valence-corrected chi connectivity index (χ3v) is 4.72. The largest absolute Gasteiger partial charge is 0.504 e. The Morgan fingerprint density at radius 3 is 2.92 bits per heavy atom. The number of carbonyl (C=O) groups excluding carboxylic acids is 1. The molecule has 1 amide bonds. The van der Waals surface area contributed by atoms with Gasteiger partial charge in [0.2, 0.25) is 0 Å². The van der Waals surface area contributed by atoms with E-state index in [9.17, 15) is 9.90 Å². The molecule has 1 aliphatic heterocycles. The van der Waals surface area contributed by atoms with Gasteiger partial charge in [0.15, 0.2) is 11.5 Å². The summed E-state index contributed by atoms with van der Waals surface area (Å²) in [5.74, 6) is 0.851. The average Bonchev–Trinajstić information content (AvgIpc) is 3.15. The number of carbonyl (C=O) groups is 1. The summed E-state index contributed by atoms with van der Waals surface area (Å²) >= 11 is 6.50. The molecule has 5 nitrogen and oxygen atoms in total. The summed E-state index contributed by atoms with van der Waals surface area (Å²) in [5.41, 5.74) is 0.873. The summed E-state index contributed by atoms with van der Waals surface area (Å²) in [5, 5.41) is 10.3. The van der Waals surface area contributed by atoms with Gasteiger partial charge in [-0.1, -0.05) is 24.4 Å². The standard InChI is InChI=1S/C17H15NO4S2/c1-2-21-14-7-3-5-11(15(14)19)9-13-16(20)18(24-17(13)23)10-12-6-4-8-22-12/h3-9,19H,2,10H2,1H3. The van der Waals surface area contributed by atoms with E-state index >= 15 is 0 Å². The van der Waals surface area contributed by atoms with Crippen molar-refractivity contribution in [2.45, 2.75) is 13.5 Å². The summed E-state index contributed by atoms with van der Waals surface area (Å²) < 4.78 is 12.6. The van der Waals surface area contributed by atoms with Crippen LogP contribution in [-0.2, 0) is 11.3 Å². The Kier molecular flexibility index (Phi) is 4.92. The highest BCUT2D eigenvalue weighted by atomic mass is 32.2. The Morgan fingerprint density at radius 2 is 2.21 bits per heavy atom. The van der Waals surface area contributed by atoms with Gasteiger partial charge in [-0.2, -0.15) is 0 Å². The highest BCUT2D eigenvalue weighted by Crippen LogP contribution is 2.36. The summed E-state index contributed by atoms with van der Waals surface area (Å²) in [6, 6.07) is 8.71. The molecule has 0 bridgehead atoms. The van der Waals surface area contributed by atoms with Crippen LogP contribution in [0.25, 0.3) is 6.08 Å². The lowest BCUT2D eigenvalue weighted by Gasteiger charge is -2.10. The Morgan fingerprint density at radius 1 is 1.38 bits per heavy atom. The van der Waals surface area contributed by atoms with Gasteiger partial charge in [-0.05, 0) is 31.2 Å². The summed E-state index contributed by atoms with van der Waals surface area (Å²) in [7, 11) is 0. The first-order valence-electron chi connectivity index (χ1n) is 7.33. The van der Waals surface area contributed by atoms with Gasteiger partial charge >= 0.3 is 0 Å². The van der Waals surface area contributed by atoms with E-state index in [1.165, 1.54) is 16.3 Å². The van der Waals surface area contributed by atoms with Crippen LogP contribution in [0.15, 0.2) is 46.6 Å². The Balaban J connectivity index is 1.86. The molecule has 2 heterocycles. The smallest absolute Gasteiger partial charge is 0.266 e. The van der Waals surface area contributed by atoms with Crippen LogP contribution in [0.1, 0.15) is 18.2 Å². The van der Waals surface area contributed by atoms with E-state index in [2.05, 4.69) is 0 Å². The fraction of sp³-hybridized carbons (Fsp3) is 0.176. The fourth-order valence-electron chi connectivity index (χ4n) is 2.26. The quantitative estimate of drug-likeness (QED) is 0.497. The lowest BCUT2D eigenvalue weighted by molar-refractivity contribution is -0.121. The zero-order chi connectivity index (χ0) is 17.1. The maximum Gasteiger partial charge on any atom is 0.266 e. The lowest BCUT2D eigenvalue weighted by Crippen LogP contribution is -2.18. The number of nitrogens with zero attached hydrogens (tertiary/aromatic N) is 1. The van der Waals surface area contributed by atoms with E-state index in [-0.39, 0.29) is 11.7 Å². The molecule has 1 aromatic carbocycles. The number of ether oxygens (including phenoxy) is 1. The Labute approximate surface area is 149 Å². The molecule has 1 saturated heterocycles. The molecule has 3 rings (SSSR count). The van der Waals surface area contributed by atoms with Gasteiger partial charge in [-0.15, -0.1) is 0 Å². The second kappa shape index (κ2) is 7.11. The minimum absolute atomic E-state index is 0.00284. The number of hydrogen-bond acceptors (Lipinski definition) is 6. The molecule has 24 heavy (non-hydrogen) atoms. The van der Waals surface area contributed by atoms with Crippen molar-refractivity contribution in [1.82, 2.24) is 4.31 Å². The first kappa shape index (κ1) is 16.6. The number of amides is 1. The van der Waals surface area contributed by atoms with Crippen molar-refractivity contribution in [3.05, 3.63) is 53.5 Å². The van der Waals surface area contributed by atoms with Gasteiger partial charge in [-0.3, -0.25) is 9.10 Å². The zero-order valence-electron chi connectivity index (χ0n) is 12.9. The molecule has 0 unspecified atom stereocenters. The molecular formula is C17H15NO4S2. The predicted octanol–water partition coefficient (Wildman–Crippen LogP) is 3.79. The summed E-state index contributed by atoms with van der Waals surface area (Å²) in [4.78, 5) is 12.6. The van der Waals surface area contributed by atoms with E-state index in [1.54, 1.807) is 42.7 Å². The highest BCUT2D eigenvalue weighted by Gasteiger charge is 2.32. The van der Waals surface area contributed by atoms with Crippen LogP contribution in [-0.4, -0.2) is 26.1 Å². The van der Waals surface area contributed by atoms with Crippen molar-refractivity contribution in [3.8, 4) is 11.5 Å². The third-order valence-electron chi connectivity index (χ3n) is 3.38. The minimum Gasteiger partial charge on any atom is -0.504 e. The maximum absolute atomic E-state index is 12.6. The van der Waals surface area contributed by atoms with Crippen LogP contribution in [0.2, 0.25) is 0 Å². The number of aromatic hydroxyl groups is 1. The monoisotopic (exact) mass is 361 g/mol. The number of thiocarbonyl (C=S) groups is 1. The van der Waals surface area contributed by atoms with E-state index in [0.717, 1.165) is 0 Å². The van der Waals surface area contributed by atoms with Crippen molar-refractivity contribution >= 4 is 40.3 Å². The van der Waals surface area contributed by atoms with Crippen LogP contribution >= 0.6 is 24.2 Å². The van der Waals surface area contributed by atoms with Crippen molar-refractivity contribution in [1.29, 1.82) is 0 Å². The molecule has 1 N–H and O–H groups in total. The van der Waals surface area contributed by atoms with Gasteiger partial charge < -0.3 is 14.3 Å². The molecule has 0 radical (unpaired) electrons. The molecule has 2 aromatic rings. The lowest BCUT2D eigenvalue weighted by atomic mass is 10.1. The molecule has 1 aromatic heterocycles. The van der Waals surface area contributed by atoms with Gasteiger partial charge in [0.25, 0.3) is 5.91 Å². The Hall–Kier alpha value is -2.25. The van der Waals surface area contributed by atoms with Gasteiger partial charge in [0.05, 0.1) is 25.0 Å². The number of furan rings is 1. The van der Waals surface area contributed by atoms with Crippen LogP contribution in [0, 0.1) is 0 Å². The van der Waals surface area contributed by atoms with Gasteiger partial charge in [-0.25, -0.2) is 0 Å². The SMILES string of the molecule is CCOc1cccc(C=C2C(=O)N(Cc3ccco3)SC2=S)c1O. The first-order chi connectivity index (χ1) is 11.6. The predicted molar refractivity (Wildman–Crippen MR) is 96.7 cm³/mol. The van der Waals surface area contributed by atoms with Crippen molar-refractivity contribution in [3.63, 3.8) is 0 Å². The van der Waals surface area contributed by atoms with Crippen LogP contribution < -0.4 is 4.74 Å². The number of hydrogen-bond donors (Lipinski definition) is 1. The second-order valence-electron chi connectivity index (χ2n) is 4.98. The third kappa shape index (κ3) is 3.32. The fourth-order valence-corrected chi connectivity index (χ4v) is 3.50.